The molecule has 1 unspecified atom stereocenters. The minimum Gasteiger partial charge on any atom is -0.349 e. The topological polar surface area (TPSA) is 46.9 Å². The van der Waals surface area contributed by atoms with Gasteiger partial charge in [-0.3, -0.25) is 9.48 Å². The number of aryl methyl sites for hydroxylation is 1. The molecule has 3 rings (SSSR count). The SMILES string of the molecule is CC1CCn2ncc(C(=O)NC3CC3)c2C1. The molecule has 1 aromatic heterocycles. The van der Waals surface area contributed by atoms with Crippen LogP contribution in [-0.4, -0.2) is 21.7 Å². The highest BCUT2D eigenvalue weighted by Crippen LogP contribution is 2.24. The number of aromatic nitrogens is 2. The fourth-order valence-electron chi connectivity index (χ4n) is 2.27. The van der Waals surface area contributed by atoms with E-state index in [-0.39, 0.29) is 5.91 Å². The van der Waals surface area contributed by atoms with E-state index in [0.717, 1.165) is 37.1 Å². The third kappa shape index (κ3) is 1.72. The summed E-state index contributed by atoms with van der Waals surface area (Å²) in [7, 11) is 0. The summed E-state index contributed by atoms with van der Waals surface area (Å²) in [4.78, 5) is 12.0. The average Bonchev–Trinajstić information content (AvgIpc) is 2.96. The summed E-state index contributed by atoms with van der Waals surface area (Å²) >= 11 is 0. The third-order valence-electron chi connectivity index (χ3n) is 3.48. The number of nitrogens with one attached hydrogen (secondary N) is 1. The molecule has 16 heavy (non-hydrogen) atoms. The predicted molar refractivity (Wildman–Crippen MR) is 60.2 cm³/mol. The number of nitrogens with zero attached hydrogens (tertiary/aromatic N) is 2. The number of carbonyl (C=O) groups excluding carboxylic acids is 1. The van der Waals surface area contributed by atoms with Crippen molar-refractivity contribution in [1.29, 1.82) is 0 Å². The molecule has 1 N–H and O–H groups in total. The van der Waals surface area contributed by atoms with Gasteiger partial charge in [-0.1, -0.05) is 6.92 Å². The highest BCUT2D eigenvalue weighted by molar-refractivity contribution is 5.95. The van der Waals surface area contributed by atoms with E-state index < -0.39 is 0 Å². The Morgan fingerprint density at radius 3 is 3.06 bits per heavy atom. The van der Waals surface area contributed by atoms with E-state index in [1.54, 1.807) is 6.20 Å². The van der Waals surface area contributed by atoms with Gasteiger partial charge in [0.2, 0.25) is 0 Å². The average molecular weight is 219 g/mol. The van der Waals surface area contributed by atoms with Gasteiger partial charge in [-0.2, -0.15) is 5.10 Å². The summed E-state index contributed by atoms with van der Waals surface area (Å²) in [5.41, 5.74) is 1.91. The zero-order valence-corrected chi connectivity index (χ0v) is 9.57. The van der Waals surface area contributed by atoms with Crippen LogP contribution in [0.2, 0.25) is 0 Å². The van der Waals surface area contributed by atoms with Gasteiger partial charge in [0.15, 0.2) is 0 Å². The summed E-state index contributed by atoms with van der Waals surface area (Å²) in [6.07, 6.45) is 6.13. The summed E-state index contributed by atoms with van der Waals surface area (Å²) in [5, 5.41) is 7.32. The molecule has 4 heteroatoms. The Morgan fingerprint density at radius 2 is 2.31 bits per heavy atom. The minimum atomic E-state index is 0.0675. The quantitative estimate of drug-likeness (QED) is 0.816. The molecular formula is C12H17N3O. The molecule has 2 aliphatic rings. The van der Waals surface area contributed by atoms with E-state index in [1.165, 1.54) is 6.42 Å². The molecule has 2 heterocycles. The van der Waals surface area contributed by atoms with Gasteiger partial charge in [-0.15, -0.1) is 0 Å². The van der Waals surface area contributed by atoms with E-state index in [2.05, 4.69) is 17.3 Å². The number of hydrogen-bond donors (Lipinski definition) is 1. The normalized spacial score (nSPS) is 23.9. The molecule has 0 radical (unpaired) electrons. The van der Waals surface area contributed by atoms with Crippen molar-refractivity contribution >= 4 is 5.91 Å². The summed E-state index contributed by atoms with van der Waals surface area (Å²) < 4.78 is 1.99. The van der Waals surface area contributed by atoms with Crippen molar-refractivity contribution in [3.8, 4) is 0 Å². The van der Waals surface area contributed by atoms with E-state index >= 15 is 0 Å². The van der Waals surface area contributed by atoms with Gasteiger partial charge < -0.3 is 5.32 Å². The van der Waals surface area contributed by atoms with Crippen LogP contribution in [0.5, 0.6) is 0 Å². The molecule has 1 aliphatic heterocycles. The van der Waals surface area contributed by atoms with Crippen LogP contribution in [0.1, 0.15) is 42.2 Å². The predicted octanol–water partition coefficient (Wildman–Crippen LogP) is 1.36. The molecule has 4 nitrogen and oxygen atoms in total. The van der Waals surface area contributed by atoms with Crippen LogP contribution in [0.15, 0.2) is 6.20 Å². The van der Waals surface area contributed by atoms with Crippen molar-refractivity contribution in [3.05, 3.63) is 17.5 Å². The van der Waals surface area contributed by atoms with E-state index in [1.807, 2.05) is 4.68 Å². The van der Waals surface area contributed by atoms with Crippen LogP contribution in [0, 0.1) is 5.92 Å². The first kappa shape index (κ1) is 9.87. The largest absolute Gasteiger partial charge is 0.349 e. The molecule has 1 fully saturated rings. The Balaban J connectivity index is 1.83. The molecule has 1 atom stereocenters. The molecule has 0 spiro atoms. The van der Waals surface area contributed by atoms with Crippen molar-refractivity contribution < 1.29 is 4.79 Å². The fraction of sp³-hybridized carbons (Fsp3) is 0.667. The molecular weight excluding hydrogens is 202 g/mol. The van der Waals surface area contributed by atoms with Gasteiger partial charge >= 0.3 is 0 Å². The van der Waals surface area contributed by atoms with Crippen LogP contribution < -0.4 is 5.32 Å². The maximum atomic E-state index is 12.0. The third-order valence-corrected chi connectivity index (χ3v) is 3.48. The maximum absolute atomic E-state index is 12.0. The van der Waals surface area contributed by atoms with E-state index in [9.17, 15) is 4.79 Å². The van der Waals surface area contributed by atoms with Crippen molar-refractivity contribution in [2.45, 2.75) is 45.2 Å². The Kier molecular flexibility index (Phi) is 2.23. The summed E-state index contributed by atoms with van der Waals surface area (Å²) in [6, 6.07) is 0.420. The molecule has 1 aromatic rings. The highest BCUT2D eigenvalue weighted by atomic mass is 16.1. The molecule has 86 valence electrons. The molecule has 0 aromatic carbocycles. The van der Waals surface area contributed by atoms with E-state index in [0.29, 0.717) is 12.0 Å². The first-order chi connectivity index (χ1) is 7.74. The second-order valence-electron chi connectivity index (χ2n) is 5.07. The van der Waals surface area contributed by atoms with E-state index in [4.69, 9.17) is 0 Å². The van der Waals surface area contributed by atoms with Crippen molar-refractivity contribution in [2.75, 3.05) is 0 Å². The Morgan fingerprint density at radius 1 is 1.50 bits per heavy atom. The lowest BCUT2D eigenvalue weighted by atomic mass is 9.96. The first-order valence-electron chi connectivity index (χ1n) is 6.09. The molecule has 1 aliphatic carbocycles. The zero-order valence-electron chi connectivity index (χ0n) is 9.57. The second kappa shape index (κ2) is 3.61. The maximum Gasteiger partial charge on any atom is 0.254 e. The van der Waals surface area contributed by atoms with Gasteiger partial charge in [0.1, 0.15) is 0 Å². The van der Waals surface area contributed by atoms with Crippen LogP contribution in [0.3, 0.4) is 0 Å². The Labute approximate surface area is 95.0 Å². The highest BCUT2D eigenvalue weighted by Gasteiger charge is 2.27. The minimum absolute atomic E-state index is 0.0675. The lowest BCUT2D eigenvalue weighted by molar-refractivity contribution is 0.0949. The lowest BCUT2D eigenvalue weighted by Gasteiger charge is -2.20. The van der Waals surface area contributed by atoms with Crippen LogP contribution in [0.25, 0.3) is 0 Å². The van der Waals surface area contributed by atoms with Gasteiger partial charge in [0, 0.05) is 12.6 Å². The van der Waals surface area contributed by atoms with Crippen LogP contribution in [0.4, 0.5) is 0 Å². The summed E-state index contributed by atoms with van der Waals surface area (Å²) in [5.74, 6) is 0.731. The molecule has 0 saturated heterocycles. The fourth-order valence-corrected chi connectivity index (χ4v) is 2.27. The smallest absolute Gasteiger partial charge is 0.254 e. The first-order valence-corrected chi connectivity index (χ1v) is 6.09. The van der Waals surface area contributed by atoms with Crippen LogP contribution in [-0.2, 0) is 13.0 Å². The van der Waals surface area contributed by atoms with Gasteiger partial charge in [0.25, 0.3) is 5.91 Å². The molecule has 0 bridgehead atoms. The Bertz CT molecular complexity index is 420. The number of fused-ring (bicyclic) bond motifs is 1. The number of hydrogen-bond acceptors (Lipinski definition) is 2. The zero-order chi connectivity index (χ0) is 11.1. The van der Waals surface area contributed by atoms with Gasteiger partial charge in [-0.05, 0) is 31.6 Å². The number of rotatable bonds is 2. The molecule has 1 saturated carbocycles. The number of carbonyl (C=O) groups is 1. The Hall–Kier alpha value is -1.32. The molecule has 1 amide bonds. The van der Waals surface area contributed by atoms with Crippen molar-refractivity contribution in [1.82, 2.24) is 15.1 Å². The lowest BCUT2D eigenvalue weighted by Crippen LogP contribution is -2.27. The van der Waals surface area contributed by atoms with Gasteiger partial charge in [-0.25, -0.2) is 0 Å². The van der Waals surface area contributed by atoms with Crippen LogP contribution >= 0.6 is 0 Å². The number of amides is 1. The van der Waals surface area contributed by atoms with Crippen molar-refractivity contribution in [2.24, 2.45) is 5.92 Å². The summed E-state index contributed by atoms with van der Waals surface area (Å²) in [6.45, 7) is 3.19. The second-order valence-corrected chi connectivity index (χ2v) is 5.07. The van der Waals surface area contributed by atoms with Gasteiger partial charge in [0.05, 0.1) is 17.5 Å². The standard InChI is InChI=1S/C12H17N3O/c1-8-4-5-15-11(6-8)10(7-13-15)12(16)14-9-2-3-9/h7-9H,2-6H2,1H3,(H,14,16). The van der Waals surface area contributed by atoms with Crippen molar-refractivity contribution in [3.63, 3.8) is 0 Å². The monoisotopic (exact) mass is 219 g/mol.